The number of para-hydroxylation sites is 1. The number of halogens is 2. The van der Waals surface area contributed by atoms with Gasteiger partial charge >= 0.3 is 6.61 Å². The molecule has 0 aliphatic heterocycles. The monoisotopic (exact) mass is 323 g/mol. The minimum atomic E-state index is -2.83. The van der Waals surface area contributed by atoms with E-state index < -0.39 is 6.61 Å². The first-order chi connectivity index (χ1) is 10.5. The van der Waals surface area contributed by atoms with Crippen LogP contribution in [0.25, 0.3) is 0 Å². The Labute approximate surface area is 132 Å². The molecule has 0 bridgehead atoms. The summed E-state index contributed by atoms with van der Waals surface area (Å²) in [7, 11) is 1.84. The van der Waals surface area contributed by atoms with Crippen LogP contribution >= 0.6 is 12.2 Å². The second kappa shape index (κ2) is 7.56. The molecule has 2 aromatic rings. The van der Waals surface area contributed by atoms with Gasteiger partial charge in [0.25, 0.3) is 0 Å². The van der Waals surface area contributed by atoms with Crippen molar-refractivity contribution in [3.63, 3.8) is 0 Å². The van der Waals surface area contributed by atoms with Crippen molar-refractivity contribution in [2.75, 3.05) is 17.4 Å². The molecule has 0 spiro atoms. The van der Waals surface area contributed by atoms with E-state index in [0.29, 0.717) is 10.8 Å². The van der Waals surface area contributed by atoms with Gasteiger partial charge in [-0.15, -0.1) is 0 Å². The van der Waals surface area contributed by atoms with Crippen molar-refractivity contribution < 1.29 is 13.5 Å². The number of hydrazine groups is 1. The molecule has 0 saturated heterocycles. The minimum Gasteiger partial charge on any atom is -0.435 e. The lowest BCUT2D eigenvalue weighted by atomic mass is 10.3. The number of hydrogen-bond donors (Lipinski definition) is 2. The van der Waals surface area contributed by atoms with Gasteiger partial charge in [0.05, 0.1) is 5.69 Å². The van der Waals surface area contributed by atoms with Crippen molar-refractivity contribution in [3.8, 4) is 5.75 Å². The van der Waals surface area contributed by atoms with Crippen LogP contribution in [0.15, 0.2) is 54.6 Å². The molecule has 2 aromatic carbocycles. The number of anilines is 2. The molecule has 0 fully saturated rings. The fraction of sp³-hybridized carbons (Fsp3) is 0.133. The summed E-state index contributed by atoms with van der Waals surface area (Å²) in [6.07, 6.45) is 0. The molecule has 4 nitrogen and oxygen atoms in total. The van der Waals surface area contributed by atoms with Crippen molar-refractivity contribution in [2.24, 2.45) is 0 Å². The molecule has 0 aliphatic rings. The number of nitrogens with one attached hydrogen (secondary N) is 2. The summed E-state index contributed by atoms with van der Waals surface area (Å²) < 4.78 is 28.4. The molecule has 0 saturated carbocycles. The van der Waals surface area contributed by atoms with E-state index >= 15 is 0 Å². The number of ether oxygens (including phenoxy) is 1. The predicted octanol–water partition coefficient (Wildman–Crippen LogP) is 3.63. The van der Waals surface area contributed by atoms with Gasteiger partial charge in [0, 0.05) is 12.7 Å². The third-order valence-corrected chi connectivity index (χ3v) is 2.94. The van der Waals surface area contributed by atoms with Crippen LogP contribution in [0.4, 0.5) is 20.2 Å². The number of nitrogens with zero attached hydrogens (tertiary/aromatic N) is 1. The minimum absolute atomic E-state index is 0.0980. The van der Waals surface area contributed by atoms with Crippen molar-refractivity contribution in [3.05, 3.63) is 54.6 Å². The topological polar surface area (TPSA) is 36.5 Å². The van der Waals surface area contributed by atoms with Crippen LogP contribution < -0.4 is 20.5 Å². The van der Waals surface area contributed by atoms with Crippen molar-refractivity contribution >= 4 is 28.7 Å². The Morgan fingerprint density at radius 3 is 2.32 bits per heavy atom. The van der Waals surface area contributed by atoms with Crippen LogP contribution in [0, 0.1) is 0 Å². The fourth-order valence-electron chi connectivity index (χ4n) is 1.75. The van der Waals surface area contributed by atoms with Crippen LogP contribution in [0.2, 0.25) is 0 Å². The van der Waals surface area contributed by atoms with E-state index in [4.69, 9.17) is 12.2 Å². The van der Waals surface area contributed by atoms with Crippen molar-refractivity contribution in [1.29, 1.82) is 0 Å². The Morgan fingerprint density at radius 1 is 1.09 bits per heavy atom. The van der Waals surface area contributed by atoms with E-state index in [2.05, 4.69) is 15.5 Å². The van der Waals surface area contributed by atoms with Gasteiger partial charge in [-0.25, -0.2) is 0 Å². The van der Waals surface area contributed by atoms with E-state index in [9.17, 15) is 8.78 Å². The Morgan fingerprint density at radius 2 is 1.73 bits per heavy atom. The molecule has 0 heterocycles. The molecule has 2 rings (SSSR count). The summed E-state index contributed by atoms with van der Waals surface area (Å²) in [5.74, 6) is 0.0980. The van der Waals surface area contributed by atoms with Crippen molar-refractivity contribution in [2.45, 2.75) is 6.61 Å². The summed E-state index contributed by atoms with van der Waals surface area (Å²) in [4.78, 5) is 0. The van der Waals surface area contributed by atoms with Crippen LogP contribution in [-0.4, -0.2) is 18.8 Å². The second-order valence-corrected chi connectivity index (χ2v) is 4.77. The van der Waals surface area contributed by atoms with Gasteiger partial charge in [0.2, 0.25) is 0 Å². The van der Waals surface area contributed by atoms with Gasteiger partial charge in [-0.05, 0) is 48.6 Å². The molecule has 2 N–H and O–H groups in total. The maximum absolute atomic E-state index is 12.1. The Balaban J connectivity index is 1.89. The molecule has 7 heteroatoms. The second-order valence-electron chi connectivity index (χ2n) is 4.36. The molecule has 116 valence electrons. The highest BCUT2D eigenvalue weighted by molar-refractivity contribution is 7.80. The zero-order chi connectivity index (χ0) is 15.9. The van der Waals surface area contributed by atoms with Gasteiger partial charge in [-0.2, -0.15) is 8.78 Å². The largest absolute Gasteiger partial charge is 0.435 e. The molecule has 0 atom stereocenters. The molecular formula is C15H15F2N3OS. The third-order valence-electron chi connectivity index (χ3n) is 2.75. The SMILES string of the molecule is CN(NC(=S)Nc1ccc(OC(F)F)cc1)c1ccccc1. The van der Waals surface area contributed by atoms with Crippen LogP contribution in [0.5, 0.6) is 5.75 Å². The van der Waals surface area contributed by atoms with Gasteiger partial charge in [-0.1, -0.05) is 18.2 Å². The fourth-order valence-corrected chi connectivity index (χ4v) is 2.00. The van der Waals surface area contributed by atoms with Gasteiger partial charge < -0.3 is 10.1 Å². The van der Waals surface area contributed by atoms with Crippen LogP contribution in [-0.2, 0) is 0 Å². The highest BCUT2D eigenvalue weighted by Gasteiger charge is 2.05. The summed E-state index contributed by atoms with van der Waals surface area (Å²) >= 11 is 5.20. The first-order valence-corrected chi connectivity index (χ1v) is 6.87. The quantitative estimate of drug-likeness (QED) is 0.649. The first-order valence-electron chi connectivity index (χ1n) is 6.46. The lowest BCUT2D eigenvalue weighted by molar-refractivity contribution is -0.0498. The number of thiocarbonyl (C=S) groups is 1. The number of benzene rings is 2. The van der Waals surface area contributed by atoms with Gasteiger partial charge in [0.1, 0.15) is 5.75 Å². The molecule has 0 aliphatic carbocycles. The highest BCUT2D eigenvalue weighted by atomic mass is 32.1. The summed E-state index contributed by atoms with van der Waals surface area (Å²) in [5, 5.41) is 5.11. The normalized spacial score (nSPS) is 10.2. The van der Waals surface area contributed by atoms with E-state index in [1.807, 2.05) is 37.4 Å². The summed E-state index contributed by atoms with van der Waals surface area (Å²) in [5.41, 5.74) is 4.61. The van der Waals surface area contributed by atoms with E-state index in [1.165, 1.54) is 12.1 Å². The molecular weight excluding hydrogens is 308 g/mol. The van der Waals surface area contributed by atoms with Crippen LogP contribution in [0.1, 0.15) is 0 Å². The lowest BCUT2D eigenvalue weighted by Gasteiger charge is -2.22. The van der Waals surface area contributed by atoms with Gasteiger partial charge in [0.15, 0.2) is 5.11 Å². The zero-order valence-electron chi connectivity index (χ0n) is 11.8. The number of rotatable bonds is 5. The average Bonchev–Trinajstić information content (AvgIpc) is 2.49. The van der Waals surface area contributed by atoms with E-state index in [0.717, 1.165) is 5.69 Å². The summed E-state index contributed by atoms with van der Waals surface area (Å²) in [6, 6.07) is 15.7. The maximum atomic E-state index is 12.1. The number of alkyl halides is 2. The molecule has 0 unspecified atom stereocenters. The van der Waals surface area contributed by atoms with Gasteiger partial charge in [-0.3, -0.25) is 10.4 Å². The third kappa shape index (κ3) is 4.85. The standard InChI is InChI=1S/C15H15F2N3OS/c1-20(12-5-3-2-4-6-12)19-15(22)18-11-7-9-13(10-8-11)21-14(16)17/h2-10,14H,1H3,(H2,18,19,22). The smallest absolute Gasteiger partial charge is 0.387 e. The number of hydrogen-bond acceptors (Lipinski definition) is 3. The molecule has 22 heavy (non-hydrogen) atoms. The lowest BCUT2D eigenvalue weighted by Crippen LogP contribution is -2.41. The molecule has 0 aromatic heterocycles. The first kappa shape index (κ1) is 16.0. The molecule has 0 radical (unpaired) electrons. The van der Waals surface area contributed by atoms with Crippen molar-refractivity contribution in [1.82, 2.24) is 5.43 Å². The Kier molecular flexibility index (Phi) is 5.48. The maximum Gasteiger partial charge on any atom is 0.387 e. The zero-order valence-corrected chi connectivity index (χ0v) is 12.6. The highest BCUT2D eigenvalue weighted by Crippen LogP contribution is 2.17. The van der Waals surface area contributed by atoms with Crippen LogP contribution in [0.3, 0.4) is 0 Å². The predicted molar refractivity (Wildman–Crippen MR) is 87.3 cm³/mol. The molecule has 0 amide bonds. The summed E-state index contributed by atoms with van der Waals surface area (Å²) in [6.45, 7) is -2.83. The van der Waals surface area contributed by atoms with E-state index in [1.54, 1.807) is 17.1 Å². The Hall–Kier alpha value is -2.41. The Bertz CT molecular complexity index is 608. The average molecular weight is 323 g/mol. The van der Waals surface area contributed by atoms with E-state index in [-0.39, 0.29) is 5.75 Å².